The Morgan fingerprint density at radius 2 is 1.55 bits per heavy atom. The highest BCUT2D eigenvalue weighted by Crippen LogP contribution is 2.26. The number of carbonyl (C=O) groups is 2. The van der Waals surface area contributed by atoms with Crippen molar-refractivity contribution < 1.29 is 24.8 Å². The van der Waals surface area contributed by atoms with E-state index in [2.05, 4.69) is 11.1 Å². The highest BCUT2D eigenvalue weighted by Gasteiger charge is 2.31. The molecule has 0 aliphatic carbocycles. The van der Waals surface area contributed by atoms with Gasteiger partial charge in [0.15, 0.2) is 6.04 Å². The number of hydrogen-bond donors (Lipinski definition) is 2. The minimum atomic E-state index is -0.842. The van der Waals surface area contributed by atoms with E-state index in [0.29, 0.717) is 18.5 Å². The van der Waals surface area contributed by atoms with Gasteiger partial charge in [0, 0.05) is 12.6 Å². The fourth-order valence-electron chi connectivity index (χ4n) is 4.55. The zero-order valence-electron chi connectivity index (χ0n) is 24.6. The second-order valence-electron chi connectivity index (χ2n) is 10.9. The summed E-state index contributed by atoms with van der Waals surface area (Å²) in [6.07, 6.45) is 2.09. The third-order valence-electron chi connectivity index (χ3n) is 7.39. The number of rotatable bonds is 11. The predicted octanol–water partition coefficient (Wildman–Crippen LogP) is 4.03. The van der Waals surface area contributed by atoms with Gasteiger partial charge in [0.2, 0.25) is 0 Å². The van der Waals surface area contributed by atoms with Crippen molar-refractivity contribution in [1.29, 1.82) is 0 Å². The van der Waals surface area contributed by atoms with Crippen molar-refractivity contribution in [3.8, 4) is 5.75 Å². The number of quaternary nitrogens is 1. The first-order valence-electron chi connectivity index (χ1n) is 13.9. The molecule has 0 saturated heterocycles. The second-order valence-corrected chi connectivity index (χ2v) is 10.9. The molecular weight excluding hydrogens is 530 g/mol. The maximum atomic E-state index is 13.2. The molecule has 1 amide bonds. The summed E-state index contributed by atoms with van der Waals surface area (Å²) < 4.78 is 12.3. The van der Waals surface area contributed by atoms with Crippen molar-refractivity contribution in [2.45, 2.75) is 51.8 Å². The molecule has 0 aliphatic heterocycles. The smallest absolute Gasteiger partial charge is 0.316 e. The predicted molar refractivity (Wildman–Crippen MR) is 162 cm³/mol. The highest BCUT2D eigenvalue weighted by atomic mass is 16.5. The number of aryl methyl sites for hydroxylation is 1. The Bertz CT molecular complexity index is 1580. The van der Waals surface area contributed by atoms with E-state index < -0.39 is 11.5 Å². The third-order valence-corrected chi connectivity index (χ3v) is 7.39. The van der Waals surface area contributed by atoms with Gasteiger partial charge in [-0.3, -0.25) is 14.4 Å². The van der Waals surface area contributed by atoms with E-state index in [1.165, 1.54) is 0 Å². The van der Waals surface area contributed by atoms with Crippen molar-refractivity contribution >= 4 is 17.6 Å². The third kappa shape index (κ3) is 7.33. The molecule has 0 fully saturated rings. The van der Waals surface area contributed by atoms with Crippen LogP contribution >= 0.6 is 0 Å². The molecule has 0 saturated carbocycles. The number of hydrogen-bond acceptors (Lipinski definition) is 5. The van der Waals surface area contributed by atoms with Gasteiger partial charge in [-0.25, -0.2) is 0 Å². The quantitative estimate of drug-likeness (QED) is 0.265. The number of benzene rings is 3. The molecule has 218 valence electrons. The molecular formula is C34H38N3O5+. The Balaban J connectivity index is 1.38. The maximum Gasteiger partial charge on any atom is 0.316 e. The van der Waals surface area contributed by atoms with Crippen LogP contribution in [0.5, 0.6) is 5.75 Å². The number of anilines is 1. The SMILES string of the molecule is COc1ccc(Cn2ccc(C)c(NC(=O)[C@@H]([NH3+])Cc3ccc(C(C)(C)C(=O)OCc4ccccc4)cc3)c2=O)cc1. The largest absolute Gasteiger partial charge is 0.497 e. The Labute approximate surface area is 246 Å². The van der Waals surface area contributed by atoms with Gasteiger partial charge in [0.05, 0.1) is 19.1 Å². The van der Waals surface area contributed by atoms with Crippen LogP contribution in [0, 0.1) is 6.92 Å². The fraction of sp³-hybridized carbons (Fsp3) is 0.265. The van der Waals surface area contributed by atoms with Crippen LogP contribution in [0.3, 0.4) is 0 Å². The number of carbonyl (C=O) groups excluding carboxylic acids is 2. The molecule has 1 heterocycles. The molecule has 8 heteroatoms. The van der Waals surface area contributed by atoms with Gasteiger partial charge in [0.1, 0.15) is 18.0 Å². The number of methoxy groups -OCH3 is 1. The Hall–Kier alpha value is -4.69. The van der Waals surface area contributed by atoms with Crippen molar-refractivity contribution in [1.82, 2.24) is 4.57 Å². The van der Waals surface area contributed by atoms with Gasteiger partial charge in [0.25, 0.3) is 11.5 Å². The molecule has 4 rings (SSSR count). The molecule has 3 aromatic carbocycles. The number of ether oxygens (including phenoxy) is 2. The van der Waals surface area contributed by atoms with E-state index in [9.17, 15) is 14.4 Å². The summed E-state index contributed by atoms with van der Waals surface area (Å²) >= 11 is 0. The zero-order valence-corrected chi connectivity index (χ0v) is 24.6. The summed E-state index contributed by atoms with van der Waals surface area (Å²) in [5, 5.41) is 2.81. The van der Waals surface area contributed by atoms with E-state index in [-0.39, 0.29) is 29.7 Å². The average Bonchev–Trinajstić information content (AvgIpc) is 3.00. The molecule has 0 bridgehead atoms. The van der Waals surface area contributed by atoms with Crippen LogP contribution in [-0.2, 0) is 39.3 Å². The van der Waals surface area contributed by atoms with Gasteiger partial charge in [-0.15, -0.1) is 0 Å². The monoisotopic (exact) mass is 568 g/mol. The van der Waals surface area contributed by atoms with E-state index in [4.69, 9.17) is 9.47 Å². The minimum Gasteiger partial charge on any atom is -0.497 e. The summed E-state index contributed by atoms with van der Waals surface area (Å²) in [4.78, 5) is 39.1. The van der Waals surface area contributed by atoms with E-state index in [1.807, 2.05) is 98.8 Å². The molecule has 8 nitrogen and oxygen atoms in total. The fourth-order valence-corrected chi connectivity index (χ4v) is 4.55. The lowest BCUT2D eigenvalue weighted by atomic mass is 9.84. The van der Waals surface area contributed by atoms with E-state index in [1.54, 1.807) is 24.8 Å². The van der Waals surface area contributed by atoms with E-state index in [0.717, 1.165) is 28.0 Å². The molecule has 4 aromatic rings. The van der Waals surface area contributed by atoms with Crippen molar-refractivity contribution in [2.75, 3.05) is 12.4 Å². The first-order valence-corrected chi connectivity index (χ1v) is 13.9. The van der Waals surface area contributed by atoms with Crippen LogP contribution in [0.2, 0.25) is 0 Å². The van der Waals surface area contributed by atoms with Gasteiger partial charge in [-0.05, 0) is 66.8 Å². The maximum absolute atomic E-state index is 13.2. The van der Waals surface area contributed by atoms with Crippen LogP contribution < -0.4 is 21.3 Å². The van der Waals surface area contributed by atoms with Crippen LogP contribution in [0.1, 0.15) is 41.7 Å². The van der Waals surface area contributed by atoms with Crippen LogP contribution in [0.25, 0.3) is 0 Å². The molecule has 0 aliphatic rings. The summed E-state index contributed by atoms with van der Waals surface area (Å²) in [6, 6.07) is 25.8. The lowest BCUT2D eigenvalue weighted by molar-refractivity contribution is -0.402. The van der Waals surface area contributed by atoms with E-state index >= 15 is 0 Å². The van der Waals surface area contributed by atoms with Gasteiger partial charge < -0.3 is 25.1 Å². The lowest BCUT2D eigenvalue weighted by Gasteiger charge is -2.23. The highest BCUT2D eigenvalue weighted by molar-refractivity contribution is 5.94. The number of aromatic nitrogens is 1. The Morgan fingerprint density at radius 3 is 2.19 bits per heavy atom. The summed E-state index contributed by atoms with van der Waals surface area (Å²) in [6.45, 7) is 6.03. The topological polar surface area (TPSA) is 114 Å². The van der Waals surface area contributed by atoms with Gasteiger partial charge in [-0.1, -0.05) is 66.7 Å². The summed E-state index contributed by atoms with van der Waals surface area (Å²) in [7, 11) is 1.60. The molecule has 1 atom stereocenters. The first-order chi connectivity index (χ1) is 20.1. The lowest BCUT2D eigenvalue weighted by Crippen LogP contribution is -2.67. The normalized spacial score (nSPS) is 11.9. The minimum absolute atomic E-state index is 0.215. The molecule has 0 unspecified atom stereocenters. The number of pyridine rings is 1. The molecule has 0 spiro atoms. The number of amides is 1. The van der Waals surface area contributed by atoms with Crippen LogP contribution in [0.15, 0.2) is 95.9 Å². The second kappa shape index (κ2) is 13.3. The summed E-state index contributed by atoms with van der Waals surface area (Å²) in [5.41, 5.74) is 7.41. The van der Waals surface area contributed by atoms with Crippen LogP contribution in [0.4, 0.5) is 5.69 Å². The van der Waals surface area contributed by atoms with Crippen LogP contribution in [-0.4, -0.2) is 29.6 Å². The molecule has 0 radical (unpaired) electrons. The van der Waals surface area contributed by atoms with Crippen molar-refractivity contribution in [3.05, 3.63) is 129 Å². The Morgan fingerprint density at radius 1 is 0.905 bits per heavy atom. The van der Waals surface area contributed by atoms with Gasteiger partial charge in [-0.2, -0.15) is 0 Å². The Kier molecular flexibility index (Phi) is 9.60. The zero-order chi connectivity index (χ0) is 30.3. The van der Waals surface area contributed by atoms with Gasteiger partial charge >= 0.3 is 5.97 Å². The summed E-state index contributed by atoms with van der Waals surface area (Å²) in [5.74, 6) is 0.0832. The number of nitrogens with zero attached hydrogens (tertiary/aromatic N) is 1. The standard InChI is InChI=1S/C34H37N3O5/c1-23-18-19-37(21-25-12-16-28(41-4)17-13-25)32(39)30(23)36-31(38)29(35)20-24-10-14-27(15-11-24)34(2,3)33(40)42-22-26-8-6-5-7-9-26/h5-19,29H,20-22,35H2,1-4H3,(H,36,38)/p+1/t29-/m0/s1. The average molecular weight is 569 g/mol. The molecule has 4 N–H and O–H groups in total. The number of esters is 1. The van der Waals surface area contributed by atoms with Crippen molar-refractivity contribution in [2.24, 2.45) is 0 Å². The molecule has 1 aromatic heterocycles. The molecule has 42 heavy (non-hydrogen) atoms. The first kappa shape index (κ1) is 30.3. The number of nitrogens with one attached hydrogen (secondary N) is 1. The van der Waals surface area contributed by atoms with Crippen molar-refractivity contribution in [3.63, 3.8) is 0 Å².